The minimum atomic E-state index is -8.59. The minimum absolute atomic E-state index is 0.0159. The Hall–Kier alpha value is -1.45. The number of rotatable bonds is 11. The first kappa shape index (κ1) is 30.6. The molecule has 0 aliphatic carbocycles. The Morgan fingerprint density at radius 2 is 0.812 bits per heavy atom. The number of unbranched alkanes of at least 4 members (excludes halogenated alkanes) is 3. The van der Waals surface area contributed by atoms with Gasteiger partial charge in [0.15, 0.2) is 0 Å². The molecule has 192 valence electrons. The second kappa shape index (κ2) is 8.72. The summed E-state index contributed by atoms with van der Waals surface area (Å²) in [6, 6.07) is 0. The van der Waals surface area contributed by atoms with Gasteiger partial charge in [-0.15, -0.1) is 0 Å². The summed E-state index contributed by atoms with van der Waals surface area (Å²) in [5.41, 5.74) is 0. The normalized spacial score (nSPS) is 16.2. The maximum absolute atomic E-state index is 13.5. The second-order valence-corrected chi connectivity index (χ2v) is 6.47. The van der Waals surface area contributed by atoms with E-state index in [0.717, 1.165) is 0 Å². The van der Waals surface area contributed by atoms with E-state index >= 15 is 0 Å². The highest BCUT2D eigenvalue weighted by atomic mass is 19.4. The molecule has 0 N–H and O–H groups in total. The lowest BCUT2D eigenvalue weighted by Crippen LogP contribution is -2.74. The molecule has 17 heteroatoms. The van der Waals surface area contributed by atoms with E-state index in [0.29, 0.717) is 6.42 Å². The smallest absolute Gasteiger partial charge is 0.195 e. The predicted octanol–water partition coefficient (Wildman–Crippen LogP) is 8.13. The summed E-state index contributed by atoms with van der Waals surface area (Å²) in [5.74, 6) is -56.1. The van der Waals surface area contributed by atoms with Crippen molar-refractivity contribution in [3.05, 3.63) is 12.2 Å². The number of halogens is 17. The fraction of sp³-hybridized carbons (Fsp3) is 0.867. The lowest BCUT2D eigenvalue weighted by atomic mass is 9.89. The molecule has 0 bridgehead atoms. The molecular weight excluding hydrogens is 503 g/mol. The fourth-order valence-corrected chi connectivity index (χ4v) is 2.02. The first-order valence-electron chi connectivity index (χ1n) is 8.20. The summed E-state index contributed by atoms with van der Waals surface area (Å²) in [4.78, 5) is 0. The Labute approximate surface area is 168 Å². The summed E-state index contributed by atoms with van der Waals surface area (Å²) in [6.45, 7) is 1.58. The van der Waals surface area contributed by atoms with Crippen molar-refractivity contribution in [3.8, 4) is 0 Å². The van der Waals surface area contributed by atoms with E-state index in [-0.39, 0.29) is 18.9 Å². The van der Waals surface area contributed by atoms with E-state index in [2.05, 4.69) is 0 Å². The molecule has 0 rings (SSSR count). The molecule has 0 aliphatic heterocycles. The number of hydrogen-bond donors (Lipinski definition) is 0. The van der Waals surface area contributed by atoms with E-state index in [1.54, 1.807) is 6.92 Å². The highest BCUT2D eigenvalue weighted by molar-refractivity contribution is 5.17. The van der Waals surface area contributed by atoms with E-state index in [9.17, 15) is 74.6 Å². The average Bonchev–Trinajstić information content (AvgIpc) is 2.59. The van der Waals surface area contributed by atoms with Gasteiger partial charge in [0.05, 0.1) is 0 Å². The topological polar surface area (TPSA) is 0 Å². The Balaban J connectivity index is 6.42. The van der Waals surface area contributed by atoms with Crippen LogP contribution in [0.15, 0.2) is 12.2 Å². The van der Waals surface area contributed by atoms with Gasteiger partial charge in [0.2, 0.25) is 0 Å². The number of hydrogen-bond acceptors (Lipinski definition) is 0. The van der Waals surface area contributed by atoms with E-state index in [4.69, 9.17) is 0 Å². The molecule has 0 fully saturated rings. The summed E-state index contributed by atoms with van der Waals surface area (Å²) in [6.07, 6.45) is -8.66. The van der Waals surface area contributed by atoms with Crippen molar-refractivity contribution >= 4 is 0 Å². The van der Waals surface area contributed by atoms with Crippen LogP contribution >= 0.6 is 0 Å². The van der Waals surface area contributed by atoms with Crippen molar-refractivity contribution < 1.29 is 74.6 Å². The summed E-state index contributed by atoms with van der Waals surface area (Å²) in [7, 11) is 0. The predicted molar refractivity (Wildman–Crippen MR) is 74.0 cm³/mol. The zero-order chi connectivity index (χ0) is 26.2. The highest BCUT2D eigenvalue weighted by Gasteiger charge is 2.95. The Kier molecular flexibility index (Phi) is 8.33. The monoisotopic (exact) mass is 516 g/mol. The summed E-state index contributed by atoms with van der Waals surface area (Å²) >= 11 is 0. The van der Waals surface area contributed by atoms with Crippen molar-refractivity contribution in [1.82, 2.24) is 0 Å². The van der Waals surface area contributed by atoms with Gasteiger partial charge in [-0.3, -0.25) is 0 Å². The first-order chi connectivity index (χ1) is 13.8. The summed E-state index contributed by atoms with van der Waals surface area (Å²) in [5, 5.41) is 0. The molecule has 0 spiro atoms. The van der Waals surface area contributed by atoms with Crippen LogP contribution in [0.1, 0.15) is 32.6 Å². The van der Waals surface area contributed by atoms with Crippen molar-refractivity contribution in [2.75, 3.05) is 0 Å². The lowest BCUT2D eigenvalue weighted by molar-refractivity contribution is -0.459. The molecule has 0 heterocycles. The molecule has 0 unspecified atom stereocenters. The Bertz CT molecular complexity index is 655. The van der Waals surface area contributed by atoms with Crippen LogP contribution in [0.25, 0.3) is 0 Å². The van der Waals surface area contributed by atoms with Gasteiger partial charge in [-0.25, -0.2) is 0 Å². The van der Waals surface area contributed by atoms with Gasteiger partial charge < -0.3 is 0 Å². The maximum Gasteiger partial charge on any atom is 0.460 e. The fourth-order valence-electron chi connectivity index (χ4n) is 2.02. The third-order valence-electron chi connectivity index (χ3n) is 4.05. The van der Waals surface area contributed by atoms with Crippen molar-refractivity contribution in [1.29, 1.82) is 0 Å². The SMILES string of the molecule is CCCCCC=CC(F)(F)C(F)(F)C(F)(F)C(F)(F)C(F)(F)C(F)(F)C(F)(F)C(F)(F)F. The van der Waals surface area contributed by atoms with Crippen LogP contribution in [0, 0.1) is 0 Å². The van der Waals surface area contributed by atoms with Crippen LogP contribution in [-0.4, -0.2) is 47.6 Å². The van der Waals surface area contributed by atoms with Gasteiger partial charge in [0.1, 0.15) is 0 Å². The van der Waals surface area contributed by atoms with Gasteiger partial charge in [0, 0.05) is 0 Å². The first-order valence-corrected chi connectivity index (χ1v) is 8.20. The molecule has 0 saturated carbocycles. The molecule has 0 radical (unpaired) electrons. The molecule has 0 aromatic rings. The lowest BCUT2D eigenvalue weighted by Gasteiger charge is -2.42. The quantitative estimate of drug-likeness (QED) is 0.148. The van der Waals surface area contributed by atoms with Crippen LogP contribution in [0.4, 0.5) is 74.6 Å². The third kappa shape index (κ3) is 4.48. The van der Waals surface area contributed by atoms with Crippen LogP contribution < -0.4 is 0 Å². The molecule has 0 saturated heterocycles. The summed E-state index contributed by atoms with van der Waals surface area (Å²) < 4.78 is 221. The zero-order valence-corrected chi connectivity index (χ0v) is 15.4. The van der Waals surface area contributed by atoms with Crippen molar-refractivity contribution in [3.63, 3.8) is 0 Å². The molecule has 0 aromatic heterocycles. The standard InChI is InChI=1S/C15H13F17/c1-2-3-4-5-6-7-8(16,17)9(18,19)10(20,21)11(22,23)12(24,25)13(26,27)14(28,29)15(30,31)32/h6-7H,2-5H2,1H3. The average molecular weight is 516 g/mol. The molecule has 0 aliphatic rings. The van der Waals surface area contributed by atoms with Crippen molar-refractivity contribution in [2.24, 2.45) is 0 Å². The molecule has 0 atom stereocenters. The third-order valence-corrected chi connectivity index (χ3v) is 4.05. The van der Waals surface area contributed by atoms with Crippen LogP contribution in [0.2, 0.25) is 0 Å². The van der Waals surface area contributed by atoms with Gasteiger partial charge in [-0.2, -0.15) is 74.6 Å². The van der Waals surface area contributed by atoms with Crippen molar-refractivity contribution in [2.45, 2.75) is 80.2 Å². The largest absolute Gasteiger partial charge is 0.460 e. The van der Waals surface area contributed by atoms with Gasteiger partial charge >= 0.3 is 47.6 Å². The molecule has 0 amide bonds. The second-order valence-electron chi connectivity index (χ2n) is 6.47. The Morgan fingerprint density at radius 1 is 0.469 bits per heavy atom. The molecular formula is C15H13F17. The highest BCUT2D eigenvalue weighted by Crippen LogP contribution is 2.64. The van der Waals surface area contributed by atoms with E-state index in [1.807, 2.05) is 0 Å². The molecule has 0 nitrogen and oxygen atoms in total. The number of allylic oxidation sites excluding steroid dienone is 2. The molecule has 32 heavy (non-hydrogen) atoms. The van der Waals surface area contributed by atoms with Crippen LogP contribution in [0.3, 0.4) is 0 Å². The minimum Gasteiger partial charge on any atom is -0.195 e. The van der Waals surface area contributed by atoms with Gasteiger partial charge in [0.25, 0.3) is 0 Å². The van der Waals surface area contributed by atoms with E-state index < -0.39 is 60.1 Å². The van der Waals surface area contributed by atoms with Crippen LogP contribution in [-0.2, 0) is 0 Å². The van der Waals surface area contributed by atoms with Gasteiger partial charge in [-0.05, 0) is 18.9 Å². The maximum atomic E-state index is 13.5. The number of alkyl halides is 17. The molecule has 0 aromatic carbocycles. The van der Waals surface area contributed by atoms with Gasteiger partial charge in [-0.1, -0.05) is 25.8 Å². The Morgan fingerprint density at radius 3 is 1.16 bits per heavy atom. The van der Waals surface area contributed by atoms with Crippen LogP contribution in [0.5, 0.6) is 0 Å². The zero-order valence-electron chi connectivity index (χ0n) is 15.4. The van der Waals surface area contributed by atoms with E-state index in [1.165, 1.54) is 0 Å².